The molecule has 2 saturated heterocycles. The molecule has 0 radical (unpaired) electrons. The highest BCUT2D eigenvalue weighted by atomic mass is 16.5. The van der Waals surface area contributed by atoms with E-state index in [0.29, 0.717) is 16.7 Å². The smallest absolute Gasteiger partial charge is 0.287 e. The molecule has 4 amide bonds. The quantitative estimate of drug-likeness (QED) is 0.172. The summed E-state index contributed by atoms with van der Waals surface area (Å²) in [5, 5.41) is 32.2. The van der Waals surface area contributed by atoms with Crippen molar-refractivity contribution in [2.75, 3.05) is 19.8 Å². The molecule has 2 aliphatic heterocycles. The average molecular weight is 691 g/mol. The molecule has 6 rings (SSSR count). The third-order valence-electron chi connectivity index (χ3n) is 10.0. The Morgan fingerprint density at radius 2 is 1.88 bits per heavy atom. The fourth-order valence-electron chi connectivity index (χ4n) is 7.28. The van der Waals surface area contributed by atoms with Crippen LogP contribution in [0.3, 0.4) is 0 Å². The van der Waals surface area contributed by atoms with Gasteiger partial charge in [-0.2, -0.15) is 0 Å². The molecule has 0 bridgehead atoms. The summed E-state index contributed by atoms with van der Waals surface area (Å²) >= 11 is 0. The van der Waals surface area contributed by atoms with Gasteiger partial charge in [0.05, 0.1) is 23.4 Å². The molecule has 1 aliphatic carbocycles. The van der Waals surface area contributed by atoms with E-state index in [1.807, 2.05) is 0 Å². The van der Waals surface area contributed by atoms with Crippen molar-refractivity contribution in [2.45, 2.75) is 94.9 Å². The number of aromatic amines is 1. The zero-order valence-corrected chi connectivity index (χ0v) is 28.1. The molecule has 1 saturated carbocycles. The number of rotatable bonds is 10. The van der Waals surface area contributed by atoms with Gasteiger partial charge >= 0.3 is 0 Å². The molecular weight excluding hydrogens is 648 g/mol. The third-order valence-corrected chi connectivity index (χ3v) is 10.0. The van der Waals surface area contributed by atoms with Crippen LogP contribution in [-0.2, 0) is 29.5 Å². The minimum atomic E-state index is -1.60. The van der Waals surface area contributed by atoms with Gasteiger partial charge in [-0.15, -0.1) is 10.2 Å². The molecule has 2 atom stereocenters. The summed E-state index contributed by atoms with van der Waals surface area (Å²) in [7, 11) is 0. The number of hydrogen-bond acceptors (Lipinski definition) is 11. The van der Waals surface area contributed by atoms with Crippen LogP contribution in [0.25, 0.3) is 11.0 Å². The monoisotopic (exact) mass is 690 g/mol. The number of benzene rings is 1. The Morgan fingerprint density at radius 1 is 1.14 bits per heavy atom. The van der Waals surface area contributed by atoms with Crippen LogP contribution in [0.1, 0.15) is 93.7 Å². The SMILES string of the molecule is CC(C)(O)c1cnnn1[C@H]1C[C@@H](C(=O)NC2(C(=O)C(N)=O)CCOCC2)N(C(=O)/C(CC2CCCCC2)=N/C(=O)c2ccc3nn[nH]c3c2)C1. The third kappa shape index (κ3) is 7.19. The number of primary amides is 1. The zero-order chi connectivity index (χ0) is 35.6. The minimum absolute atomic E-state index is 0.0125. The van der Waals surface area contributed by atoms with Gasteiger partial charge in [-0.05, 0) is 44.4 Å². The predicted octanol–water partition coefficient (Wildman–Crippen LogP) is 0.890. The average Bonchev–Trinajstić information content (AvgIpc) is 3.87. The molecule has 0 spiro atoms. The molecule has 3 fully saturated rings. The molecule has 50 heavy (non-hydrogen) atoms. The molecule has 2 aromatic heterocycles. The molecule has 1 aromatic carbocycles. The Hall–Kier alpha value is -4.90. The van der Waals surface area contributed by atoms with Crippen LogP contribution in [0.2, 0.25) is 0 Å². The van der Waals surface area contributed by atoms with Crippen LogP contribution < -0.4 is 11.1 Å². The van der Waals surface area contributed by atoms with Crippen LogP contribution in [0.4, 0.5) is 0 Å². The molecule has 17 nitrogen and oxygen atoms in total. The van der Waals surface area contributed by atoms with E-state index in [2.05, 4.69) is 36.0 Å². The number of aliphatic hydroxyl groups is 1. The number of Topliss-reactive ketones (excluding diaryl/α,β-unsaturated/α-hetero) is 1. The number of aliphatic imine (C=N–C) groups is 1. The first kappa shape index (κ1) is 34.9. The van der Waals surface area contributed by atoms with E-state index in [1.165, 1.54) is 15.8 Å². The second-order valence-corrected chi connectivity index (χ2v) is 14.0. The van der Waals surface area contributed by atoms with Gasteiger partial charge in [0, 0.05) is 44.6 Å². The van der Waals surface area contributed by atoms with Crippen molar-refractivity contribution >= 4 is 46.2 Å². The van der Waals surface area contributed by atoms with E-state index in [9.17, 15) is 29.1 Å². The van der Waals surface area contributed by atoms with Gasteiger partial charge in [-0.1, -0.05) is 42.5 Å². The number of nitrogens with two attached hydrogens (primary N) is 1. The molecule has 4 heterocycles. The number of amides is 4. The number of aromatic nitrogens is 6. The Bertz CT molecular complexity index is 1810. The topological polar surface area (TPSA) is 241 Å². The number of hydrogen-bond donors (Lipinski definition) is 4. The molecule has 266 valence electrons. The van der Waals surface area contributed by atoms with E-state index in [1.54, 1.807) is 32.0 Å². The lowest BCUT2D eigenvalue weighted by Crippen LogP contribution is -2.63. The number of fused-ring (bicyclic) bond motifs is 1. The van der Waals surface area contributed by atoms with Crippen molar-refractivity contribution < 1.29 is 33.8 Å². The maximum Gasteiger partial charge on any atom is 0.287 e. The number of nitrogens with zero attached hydrogens (tertiary/aromatic N) is 7. The summed E-state index contributed by atoms with van der Waals surface area (Å²) in [6.07, 6.45) is 6.54. The number of ketones is 1. The lowest BCUT2D eigenvalue weighted by Gasteiger charge is -2.37. The lowest BCUT2D eigenvalue weighted by molar-refractivity contribution is -0.146. The summed E-state index contributed by atoms with van der Waals surface area (Å²) in [4.78, 5) is 73.4. The van der Waals surface area contributed by atoms with Gasteiger partial charge in [-0.25, -0.2) is 9.67 Å². The standard InChI is InChI=1S/C33H42N10O7/c1-32(2,49)26-17-35-41-43(26)21-16-25(30(47)37-33(27(44)28(34)45)10-12-50-13-11-33)42(18-21)31(48)24(14-19-6-4-3-5-7-19)36-29(46)20-8-9-22-23(15-20)39-40-38-22/h8-9,15,17,19,21,25,49H,3-7,10-14,16,18H2,1-2H3,(H2,34,45)(H,37,47)(H,38,39,40)/b36-24+/t21-,25-/m0/s1. The van der Waals surface area contributed by atoms with Crippen molar-refractivity contribution in [3.05, 3.63) is 35.7 Å². The van der Waals surface area contributed by atoms with Crippen molar-refractivity contribution in [2.24, 2.45) is 16.6 Å². The molecule has 5 N–H and O–H groups in total. The fraction of sp³-hybridized carbons (Fsp3) is 0.576. The van der Waals surface area contributed by atoms with Gasteiger partial charge < -0.3 is 25.8 Å². The summed E-state index contributed by atoms with van der Waals surface area (Å²) in [5.74, 6) is -3.94. The van der Waals surface area contributed by atoms with Crippen LogP contribution >= 0.6 is 0 Å². The number of carbonyl (C=O) groups is 5. The molecular formula is C33H42N10O7. The Labute approximate surface area is 287 Å². The van der Waals surface area contributed by atoms with Crippen LogP contribution in [0.5, 0.6) is 0 Å². The minimum Gasteiger partial charge on any atom is -0.384 e. The first-order valence-electron chi connectivity index (χ1n) is 17.0. The van der Waals surface area contributed by atoms with Gasteiger partial charge in [0.2, 0.25) is 11.7 Å². The van der Waals surface area contributed by atoms with E-state index in [0.717, 1.165) is 32.1 Å². The van der Waals surface area contributed by atoms with Crippen molar-refractivity contribution in [3.8, 4) is 0 Å². The number of nitrogens with one attached hydrogen (secondary N) is 2. The van der Waals surface area contributed by atoms with Crippen molar-refractivity contribution in [1.82, 2.24) is 40.6 Å². The summed E-state index contributed by atoms with van der Waals surface area (Å²) in [5.41, 5.74) is 4.17. The lowest BCUT2D eigenvalue weighted by atomic mass is 9.84. The summed E-state index contributed by atoms with van der Waals surface area (Å²) < 4.78 is 6.90. The largest absolute Gasteiger partial charge is 0.384 e. The predicted molar refractivity (Wildman–Crippen MR) is 176 cm³/mol. The Balaban J connectivity index is 1.36. The van der Waals surface area contributed by atoms with E-state index >= 15 is 0 Å². The first-order valence-corrected chi connectivity index (χ1v) is 17.0. The summed E-state index contributed by atoms with van der Waals surface area (Å²) in [6, 6.07) is 2.99. The van der Waals surface area contributed by atoms with Gasteiger partial charge in [0.25, 0.3) is 17.7 Å². The maximum absolute atomic E-state index is 14.7. The van der Waals surface area contributed by atoms with Gasteiger partial charge in [-0.3, -0.25) is 29.1 Å². The highest BCUT2D eigenvalue weighted by Gasteiger charge is 2.49. The molecule has 0 unspecified atom stereocenters. The zero-order valence-electron chi connectivity index (χ0n) is 28.1. The fourth-order valence-corrected chi connectivity index (χ4v) is 7.28. The van der Waals surface area contributed by atoms with E-state index < -0.39 is 52.6 Å². The molecule has 3 aliphatic rings. The van der Waals surface area contributed by atoms with Gasteiger partial charge in [0.1, 0.15) is 28.4 Å². The highest BCUT2D eigenvalue weighted by Crippen LogP contribution is 2.34. The van der Waals surface area contributed by atoms with Gasteiger partial charge in [0.15, 0.2) is 0 Å². The second kappa shape index (κ2) is 14.1. The number of carbonyl (C=O) groups excluding carboxylic acids is 5. The Morgan fingerprint density at radius 3 is 2.58 bits per heavy atom. The number of ether oxygens (including phenoxy) is 1. The molecule has 17 heteroatoms. The molecule has 3 aromatic rings. The van der Waals surface area contributed by atoms with E-state index in [-0.39, 0.29) is 62.6 Å². The first-order chi connectivity index (χ1) is 23.9. The van der Waals surface area contributed by atoms with Crippen LogP contribution in [-0.4, -0.2) is 107 Å². The second-order valence-electron chi connectivity index (χ2n) is 14.0. The number of likely N-dealkylation sites (tertiary alicyclic amines) is 1. The maximum atomic E-state index is 14.7. The normalized spacial score (nSPS) is 21.7. The van der Waals surface area contributed by atoms with Crippen LogP contribution in [0.15, 0.2) is 29.4 Å². The van der Waals surface area contributed by atoms with Crippen molar-refractivity contribution in [1.29, 1.82) is 0 Å². The Kier molecular flexibility index (Phi) is 9.89. The summed E-state index contributed by atoms with van der Waals surface area (Å²) in [6.45, 7) is 3.35. The van der Waals surface area contributed by atoms with Crippen molar-refractivity contribution in [3.63, 3.8) is 0 Å². The van der Waals surface area contributed by atoms with E-state index in [4.69, 9.17) is 10.5 Å². The number of H-pyrrole nitrogens is 1. The highest BCUT2D eigenvalue weighted by molar-refractivity contribution is 6.41. The van der Waals surface area contributed by atoms with Crippen LogP contribution in [0, 0.1) is 5.92 Å².